The zero-order valence-corrected chi connectivity index (χ0v) is 16.8. The predicted molar refractivity (Wildman–Crippen MR) is 109 cm³/mol. The van der Waals surface area contributed by atoms with Crippen molar-refractivity contribution in [1.29, 1.82) is 0 Å². The van der Waals surface area contributed by atoms with E-state index in [2.05, 4.69) is 16.8 Å². The number of carbonyl (C=O) groups is 2. The number of fused-ring (bicyclic) bond motifs is 1. The molecule has 1 aromatic carbocycles. The van der Waals surface area contributed by atoms with Crippen LogP contribution in [0, 0.1) is 0 Å². The third kappa shape index (κ3) is 6.38. The number of imidazole rings is 1. The van der Waals surface area contributed by atoms with Crippen LogP contribution in [0.3, 0.4) is 0 Å². The molecular formula is C21H32N4O2. The molecule has 2 aromatic rings. The van der Waals surface area contributed by atoms with Gasteiger partial charge in [-0.3, -0.25) is 9.59 Å². The number of amides is 2. The standard InChI is InChI=1S/C21H32N4O2/c1-4-5-15-24(3)21(27)16-25-19-12-9-8-11-18(19)23-20(25)13-7-6-10-14-22-17(2)26/h8-9,11-12H,4-7,10,13-16H2,1-3H3,(H,22,26). The van der Waals surface area contributed by atoms with E-state index >= 15 is 0 Å². The lowest BCUT2D eigenvalue weighted by Crippen LogP contribution is -2.31. The summed E-state index contributed by atoms with van der Waals surface area (Å²) >= 11 is 0. The van der Waals surface area contributed by atoms with Gasteiger partial charge in [0.1, 0.15) is 12.4 Å². The van der Waals surface area contributed by atoms with Crippen LogP contribution in [-0.4, -0.2) is 46.4 Å². The summed E-state index contributed by atoms with van der Waals surface area (Å²) < 4.78 is 2.06. The number of carbonyl (C=O) groups excluding carboxylic acids is 2. The summed E-state index contributed by atoms with van der Waals surface area (Å²) in [6.45, 7) is 5.51. The van der Waals surface area contributed by atoms with Crippen molar-refractivity contribution >= 4 is 22.8 Å². The molecular weight excluding hydrogens is 340 g/mol. The average molecular weight is 373 g/mol. The minimum atomic E-state index is 0.0162. The third-order valence-electron chi connectivity index (χ3n) is 4.75. The molecule has 0 fully saturated rings. The van der Waals surface area contributed by atoms with Crippen LogP contribution in [0.5, 0.6) is 0 Å². The van der Waals surface area contributed by atoms with Crippen molar-refractivity contribution in [1.82, 2.24) is 19.8 Å². The Hall–Kier alpha value is -2.37. The molecule has 27 heavy (non-hydrogen) atoms. The highest BCUT2D eigenvalue weighted by Gasteiger charge is 2.15. The molecule has 6 heteroatoms. The summed E-state index contributed by atoms with van der Waals surface area (Å²) in [4.78, 5) is 30.1. The SMILES string of the molecule is CCCCN(C)C(=O)Cn1c(CCCCCNC(C)=O)nc2ccccc21. The summed E-state index contributed by atoms with van der Waals surface area (Å²) in [5, 5.41) is 2.82. The Morgan fingerprint density at radius 2 is 1.93 bits per heavy atom. The molecule has 0 aliphatic heterocycles. The van der Waals surface area contributed by atoms with Crippen LogP contribution < -0.4 is 5.32 Å². The topological polar surface area (TPSA) is 67.2 Å². The van der Waals surface area contributed by atoms with Crippen LogP contribution in [0.2, 0.25) is 0 Å². The van der Waals surface area contributed by atoms with Gasteiger partial charge >= 0.3 is 0 Å². The van der Waals surface area contributed by atoms with Gasteiger partial charge < -0.3 is 14.8 Å². The van der Waals surface area contributed by atoms with Gasteiger partial charge in [0.25, 0.3) is 0 Å². The molecule has 0 unspecified atom stereocenters. The summed E-state index contributed by atoms with van der Waals surface area (Å²) in [5.41, 5.74) is 1.96. The lowest BCUT2D eigenvalue weighted by atomic mass is 10.2. The van der Waals surface area contributed by atoms with Crippen molar-refractivity contribution in [3.63, 3.8) is 0 Å². The van der Waals surface area contributed by atoms with E-state index in [9.17, 15) is 9.59 Å². The Morgan fingerprint density at radius 3 is 2.67 bits per heavy atom. The van der Waals surface area contributed by atoms with Gasteiger partial charge in [-0.1, -0.05) is 31.9 Å². The summed E-state index contributed by atoms with van der Waals surface area (Å²) in [6, 6.07) is 7.99. The van der Waals surface area contributed by atoms with Crippen LogP contribution in [0.1, 0.15) is 51.8 Å². The number of aromatic nitrogens is 2. The van der Waals surface area contributed by atoms with Crippen molar-refractivity contribution in [2.45, 2.75) is 58.9 Å². The molecule has 0 aliphatic carbocycles. The molecule has 0 radical (unpaired) electrons. The van der Waals surface area contributed by atoms with E-state index < -0.39 is 0 Å². The molecule has 0 saturated heterocycles. The van der Waals surface area contributed by atoms with Gasteiger partial charge in [0.2, 0.25) is 11.8 Å². The van der Waals surface area contributed by atoms with Gasteiger partial charge in [-0.2, -0.15) is 0 Å². The maximum absolute atomic E-state index is 12.6. The van der Waals surface area contributed by atoms with Gasteiger partial charge in [-0.05, 0) is 31.4 Å². The van der Waals surface area contributed by atoms with Gasteiger partial charge in [0.15, 0.2) is 0 Å². The summed E-state index contributed by atoms with van der Waals surface area (Å²) in [5.74, 6) is 1.11. The molecule has 0 atom stereocenters. The number of nitrogens with one attached hydrogen (secondary N) is 1. The minimum Gasteiger partial charge on any atom is -0.356 e. The lowest BCUT2D eigenvalue weighted by molar-refractivity contribution is -0.130. The molecule has 2 amide bonds. The Kier molecular flexibility index (Phi) is 8.30. The number of aryl methyl sites for hydroxylation is 1. The van der Waals surface area contributed by atoms with Crippen molar-refractivity contribution in [3.8, 4) is 0 Å². The van der Waals surface area contributed by atoms with Crippen molar-refractivity contribution in [3.05, 3.63) is 30.1 Å². The largest absolute Gasteiger partial charge is 0.356 e. The zero-order valence-electron chi connectivity index (χ0n) is 16.8. The lowest BCUT2D eigenvalue weighted by Gasteiger charge is -2.18. The quantitative estimate of drug-likeness (QED) is 0.616. The summed E-state index contributed by atoms with van der Waals surface area (Å²) in [7, 11) is 1.87. The van der Waals surface area contributed by atoms with Crippen molar-refractivity contribution < 1.29 is 9.59 Å². The highest BCUT2D eigenvalue weighted by molar-refractivity contribution is 5.81. The van der Waals surface area contributed by atoms with E-state index in [1.807, 2.05) is 36.2 Å². The van der Waals surface area contributed by atoms with E-state index in [0.29, 0.717) is 13.1 Å². The Labute approximate surface area is 161 Å². The van der Waals surface area contributed by atoms with Crippen molar-refractivity contribution in [2.75, 3.05) is 20.1 Å². The van der Waals surface area contributed by atoms with Crippen LogP contribution in [0.15, 0.2) is 24.3 Å². The number of hydrogen-bond acceptors (Lipinski definition) is 3. The fourth-order valence-electron chi connectivity index (χ4n) is 3.12. The third-order valence-corrected chi connectivity index (χ3v) is 4.75. The summed E-state index contributed by atoms with van der Waals surface area (Å²) in [6.07, 6.45) is 5.90. The molecule has 0 aliphatic rings. The predicted octanol–water partition coefficient (Wildman–Crippen LogP) is 3.14. The van der Waals surface area contributed by atoms with Crippen LogP contribution in [0.25, 0.3) is 11.0 Å². The number of para-hydroxylation sites is 2. The van der Waals surface area contributed by atoms with Gasteiger partial charge in [0.05, 0.1) is 11.0 Å². The first-order valence-electron chi connectivity index (χ1n) is 9.95. The van der Waals surface area contributed by atoms with Crippen LogP contribution in [-0.2, 0) is 22.6 Å². The van der Waals surface area contributed by atoms with Gasteiger partial charge in [-0.15, -0.1) is 0 Å². The number of unbranched alkanes of at least 4 members (excludes halogenated alkanes) is 3. The molecule has 0 saturated carbocycles. The van der Waals surface area contributed by atoms with Crippen LogP contribution >= 0.6 is 0 Å². The first-order chi connectivity index (χ1) is 13.0. The molecule has 1 aromatic heterocycles. The van der Waals surface area contributed by atoms with E-state index in [4.69, 9.17) is 4.98 Å². The molecule has 148 valence electrons. The second-order valence-corrected chi connectivity index (χ2v) is 7.07. The fourth-order valence-corrected chi connectivity index (χ4v) is 3.12. The Bertz CT molecular complexity index is 754. The van der Waals surface area contributed by atoms with Crippen LogP contribution in [0.4, 0.5) is 0 Å². The number of likely N-dealkylation sites (N-methyl/N-ethyl adjacent to an activating group) is 1. The van der Waals surface area contributed by atoms with Gasteiger partial charge in [-0.25, -0.2) is 4.98 Å². The van der Waals surface area contributed by atoms with E-state index in [0.717, 1.165) is 61.9 Å². The van der Waals surface area contributed by atoms with E-state index in [-0.39, 0.29) is 11.8 Å². The fraction of sp³-hybridized carbons (Fsp3) is 0.571. The molecule has 2 rings (SSSR count). The Balaban J connectivity index is 2.01. The average Bonchev–Trinajstić information content (AvgIpc) is 2.99. The number of hydrogen-bond donors (Lipinski definition) is 1. The highest BCUT2D eigenvalue weighted by Crippen LogP contribution is 2.18. The number of benzene rings is 1. The molecule has 0 spiro atoms. The monoisotopic (exact) mass is 372 g/mol. The molecule has 1 heterocycles. The van der Waals surface area contributed by atoms with Gasteiger partial charge in [0, 0.05) is 33.5 Å². The minimum absolute atomic E-state index is 0.0162. The molecule has 6 nitrogen and oxygen atoms in total. The smallest absolute Gasteiger partial charge is 0.242 e. The second kappa shape index (κ2) is 10.7. The number of nitrogens with zero attached hydrogens (tertiary/aromatic N) is 3. The maximum Gasteiger partial charge on any atom is 0.242 e. The Morgan fingerprint density at radius 1 is 1.15 bits per heavy atom. The molecule has 1 N–H and O–H groups in total. The second-order valence-electron chi connectivity index (χ2n) is 7.07. The first-order valence-corrected chi connectivity index (χ1v) is 9.95. The highest BCUT2D eigenvalue weighted by atomic mass is 16.2. The normalized spacial score (nSPS) is 10.9. The van der Waals surface area contributed by atoms with E-state index in [1.54, 1.807) is 0 Å². The number of rotatable bonds is 11. The first kappa shape index (κ1) is 20.9. The maximum atomic E-state index is 12.6. The van der Waals surface area contributed by atoms with Crippen molar-refractivity contribution in [2.24, 2.45) is 0 Å². The molecule has 0 bridgehead atoms. The zero-order chi connectivity index (χ0) is 19.6. The van der Waals surface area contributed by atoms with E-state index in [1.165, 1.54) is 6.92 Å².